The second-order valence-corrected chi connectivity index (χ2v) is 4.88. The summed E-state index contributed by atoms with van der Waals surface area (Å²) in [6.45, 7) is 3.98. The molecule has 0 saturated carbocycles. The number of aliphatic hydroxyl groups excluding tert-OH is 1. The number of thiol groups is 1. The van der Waals surface area contributed by atoms with Gasteiger partial charge in [0.2, 0.25) is 10.9 Å². The fraction of sp³-hybridized carbons (Fsp3) is 0.500. The van der Waals surface area contributed by atoms with Crippen LogP contribution in [0.1, 0.15) is 24.5 Å². The first-order valence-corrected chi connectivity index (χ1v) is 6.86. The van der Waals surface area contributed by atoms with Crippen LogP contribution in [-0.4, -0.2) is 26.2 Å². The number of rotatable bonds is 7. The summed E-state index contributed by atoms with van der Waals surface area (Å²) in [4.78, 5) is 0. The molecule has 1 radical (unpaired) electrons. The van der Waals surface area contributed by atoms with E-state index in [1.54, 1.807) is 13.0 Å². The minimum Gasteiger partial charge on any atom is -0.494 e. The molecule has 0 aliphatic carbocycles. The van der Waals surface area contributed by atoms with E-state index < -0.39 is 10.9 Å². The highest BCUT2D eigenvalue weighted by Crippen LogP contribution is 2.16. The van der Waals surface area contributed by atoms with E-state index in [2.05, 4.69) is 10.8 Å². The molecule has 0 spiro atoms. The summed E-state index contributed by atoms with van der Waals surface area (Å²) in [5.41, 5.74) is 1.57. The zero-order valence-electron chi connectivity index (χ0n) is 10.5. The Morgan fingerprint density at radius 3 is 2.83 bits per heavy atom. The maximum absolute atomic E-state index is 10.4. The second kappa shape index (κ2) is 7.35. The highest BCUT2D eigenvalue weighted by atomic mass is 32.2. The van der Waals surface area contributed by atoms with Gasteiger partial charge in [0, 0.05) is 6.04 Å². The minimum atomic E-state index is -2.57. The van der Waals surface area contributed by atoms with Crippen LogP contribution in [0, 0.1) is 13.0 Å². The molecule has 101 valence electrons. The molecule has 0 bridgehead atoms. The van der Waals surface area contributed by atoms with Gasteiger partial charge in [0.25, 0.3) is 0 Å². The van der Waals surface area contributed by atoms with E-state index in [1.165, 1.54) is 0 Å². The topological polar surface area (TPSA) is 75.6 Å². The number of benzene rings is 1. The lowest BCUT2D eigenvalue weighted by atomic mass is 10.1. The Kier molecular flexibility index (Phi) is 6.11. The fourth-order valence-corrected chi connectivity index (χ4v) is 2.01. The van der Waals surface area contributed by atoms with Gasteiger partial charge in [-0.15, -0.1) is 0 Å². The van der Waals surface area contributed by atoms with Crippen molar-refractivity contribution in [2.45, 2.75) is 32.9 Å². The van der Waals surface area contributed by atoms with Crippen LogP contribution in [0.15, 0.2) is 12.1 Å². The Balaban J connectivity index is 2.46. The summed E-state index contributed by atoms with van der Waals surface area (Å²) in [5.74, 6) is 0.661. The summed E-state index contributed by atoms with van der Waals surface area (Å²) >= 11 is 0. The van der Waals surface area contributed by atoms with Crippen molar-refractivity contribution < 1.29 is 18.3 Å². The number of aryl methyl sites for hydroxylation is 1. The van der Waals surface area contributed by atoms with Crippen molar-refractivity contribution in [2.75, 3.05) is 6.61 Å². The highest BCUT2D eigenvalue weighted by molar-refractivity contribution is 7.70. The van der Waals surface area contributed by atoms with Crippen molar-refractivity contribution in [3.8, 4) is 5.75 Å². The van der Waals surface area contributed by atoms with E-state index in [-0.39, 0.29) is 12.6 Å². The van der Waals surface area contributed by atoms with E-state index in [0.29, 0.717) is 24.3 Å². The van der Waals surface area contributed by atoms with E-state index in [9.17, 15) is 8.42 Å². The largest absolute Gasteiger partial charge is 0.494 e. The van der Waals surface area contributed by atoms with E-state index >= 15 is 0 Å². The zero-order valence-corrected chi connectivity index (χ0v) is 11.4. The number of ether oxygens (including phenoxy) is 1. The summed E-state index contributed by atoms with van der Waals surface area (Å²) in [7, 11) is -2.57. The molecule has 0 saturated heterocycles. The molecule has 1 atom stereocenters. The van der Waals surface area contributed by atoms with Crippen molar-refractivity contribution >= 4 is 10.9 Å². The first-order chi connectivity index (χ1) is 8.51. The van der Waals surface area contributed by atoms with Gasteiger partial charge in [0.1, 0.15) is 5.75 Å². The smallest absolute Gasteiger partial charge is 0.201 e. The maximum atomic E-state index is 10.4. The molecular weight excluding hydrogens is 254 g/mol. The Hall–Kier alpha value is -1.11. The Bertz CT molecular complexity index is 451. The van der Waals surface area contributed by atoms with Crippen LogP contribution in [0.25, 0.3) is 0 Å². The van der Waals surface area contributed by atoms with E-state index in [4.69, 9.17) is 9.84 Å². The first kappa shape index (κ1) is 14.9. The summed E-state index contributed by atoms with van der Waals surface area (Å²) in [5, 5.41) is 9.04. The van der Waals surface area contributed by atoms with Crippen molar-refractivity contribution in [1.82, 2.24) is 4.72 Å². The molecule has 5 nitrogen and oxygen atoms in total. The van der Waals surface area contributed by atoms with Gasteiger partial charge in [-0.3, -0.25) is 0 Å². The third-order valence-corrected chi connectivity index (χ3v) is 3.00. The van der Waals surface area contributed by atoms with Gasteiger partial charge in [0.05, 0.1) is 13.2 Å². The summed E-state index contributed by atoms with van der Waals surface area (Å²) < 4.78 is 28.8. The molecule has 6 heteroatoms. The molecule has 1 aromatic rings. The average Bonchev–Trinajstić information content (AvgIpc) is 2.27. The molecule has 1 rings (SSSR count). The summed E-state index contributed by atoms with van der Waals surface area (Å²) in [6.07, 6.45) is 0.579. The number of hydrogen-bond donors (Lipinski definition) is 3. The molecule has 18 heavy (non-hydrogen) atoms. The minimum absolute atomic E-state index is 0.0767. The number of nitrogens with one attached hydrogen (secondary N) is 1. The monoisotopic (exact) mass is 272 g/mol. The van der Waals surface area contributed by atoms with Crippen LogP contribution in [0.3, 0.4) is 0 Å². The average molecular weight is 272 g/mol. The quantitative estimate of drug-likeness (QED) is 0.634. The molecule has 0 aliphatic rings. The Morgan fingerprint density at radius 1 is 1.50 bits per heavy atom. The molecule has 1 aromatic carbocycles. The van der Waals surface area contributed by atoms with Crippen LogP contribution >= 0.6 is 0 Å². The van der Waals surface area contributed by atoms with Gasteiger partial charge in [-0.25, -0.2) is 13.1 Å². The number of aliphatic hydroxyl groups is 1. The van der Waals surface area contributed by atoms with Gasteiger partial charge in [0.15, 0.2) is 0 Å². The normalized spacial score (nSPS) is 12.7. The standard InChI is InChI=1S/C12H18NO4S/c1-9-5-11(8-14)7-12(6-9)17-4-3-10(2)13-18(15)16/h6-7,10,14,18H,3-4,8H2,1-2H3,(H,13,15,16). The zero-order chi connectivity index (χ0) is 13.5. The van der Waals surface area contributed by atoms with Gasteiger partial charge in [-0.2, -0.15) is 0 Å². The Morgan fingerprint density at radius 2 is 2.22 bits per heavy atom. The molecule has 0 fully saturated rings. The van der Waals surface area contributed by atoms with Crippen molar-refractivity contribution in [2.24, 2.45) is 0 Å². The predicted octanol–water partition coefficient (Wildman–Crippen LogP) is 0.561. The van der Waals surface area contributed by atoms with Crippen molar-refractivity contribution in [1.29, 1.82) is 0 Å². The maximum Gasteiger partial charge on any atom is 0.201 e. The first-order valence-electron chi connectivity index (χ1n) is 5.68. The third-order valence-electron chi connectivity index (χ3n) is 2.35. The van der Waals surface area contributed by atoms with Crippen LogP contribution < -0.4 is 9.46 Å². The van der Waals surface area contributed by atoms with E-state index in [0.717, 1.165) is 5.56 Å². The van der Waals surface area contributed by atoms with Crippen LogP contribution in [0.2, 0.25) is 0 Å². The number of hydrogen-bond acceptors (Lipinski definition) is 4. The molecule has 0 aromatic heterocycles. The van der Waals surface area contributed by atoms with Crippen LogP contribution in [0.4, 0.5) is 0 Å². The highest BCUT2D eigenvalue weighted by Gasteiger charge is 2.04. The second-order valence-electron chi connectivity index (χ2n) is 4.11. The molecular formula is C12H18NO4S. The third kappa shape index (κ3) is 5.48. The van der Waals surface area contributed by atoms with Crippen LogP contribution in [0.5, 0.6) is 5.75 Å². The summed E-state index contributed by atoms with van der Waals surface area (Å²) in [6, 6.07) is 6.39. The van der Waals surface area contributed by atoms with Gasteiger partial charge < -0.3 is 9.84 Å². The lowest BCUT2D eigenvalue weighted by Crippen LogP contribution is -2.26. The lowest BCUT2D eigenvalue weighted by molar-refractivity contribution is 0.276. The van der Waals surface area contributed by atoms with Gasteiger partial charge in [-0.05, 0) is 49.6 Å². The molecule has 0 aliphatic heterocycles. The van der Waals surface area contributed by atoms with Crippen molar-refractivity contribution in [3.63, 3.8) is 0 Å². The lowest BCUT2D eigenvalue weighted by Gasteiger charge is -2.11. The van der Waals surface area contributed by atoms with E-state index in [1.807, 2.05) is 13.0 Å². The molecule has 0 amide bonds. The SMILES string of the molecule is Cc1[c]c(CO)cc(OCCC(C)N[SH](=O)=O)c1. The Labute approximate surface area is 109 Å². The molecule has 1 unspecified atom stereocenters. The molecule has 0 heterocycles. The van der Waals surface area contributed by atoms with Gasteiger partial charge >= 0.3 is 0 Å². The van der Waals surface area contributed by atoms with Crippen molar-refractivity contribution in [3.05, 3.63) is 29.3 Å². The van der Waals surface area contributed by atoms with Gasteiger partial charge in [-0.1, -0.05) is 0 Å². The predicted molar refractivity (Wildman–Crippen MR) is 69.0 cm³/mol. The molecule has 2 N–H and O–H groups in total. The fourth-order valence-electron chi connectivity index (χ4n) is 1.52. The van der Waals surface area contributed by atoms with Crippen LogP contribution in [-0.2, 0) is 17.5 Å².